The summed E-state index contributed by atoms with van der Waals surface area (Å²) >= 11 is 9.48. The lowest BCUT2D eigenvalue weighted by Gasteiger charge is -2.26. The highest BCUT2D eigenvalue weighted by Crippen LogP contribution is 2.12. The average Bonchev–Trinajstić information content (AvgIpc) is 2.94. The van der Waals surface area contributed by atoms with Gasteiger partial charge < -0.3 is 10.6 Å². The molecule has 0 radical (unpaired) electrons. The van der Waals surface area contributed by atoms with E-state index in [1.807, 2.05) is 0 Å². The number of nitrogens with one attached hydrogen (secondary N) is 2. The Morgan fingerprint density at radius 2 is 0.846 bits per heavy atom. The van der Waals surface area contributed by atoms with Crippen molar-refractivity contribution in [2.45, 2.75) is 95.5 Å². The molecule has 0 fully saturated rings. The van der Waals surface area contributed by atoms with E-state index < -0.39 is 0 Å². The van der Waals surface area contributed by atoms with Gasteiger partial charge in [-0.3, -0.25) is 9.80 Å². The van der Waals surface area contributed by atoms with E-state index in [1.165, 1.54) is 82.0 Å². The summed E-state index contributed by atoms with van der Waals surface area (Å²) in [5.74, 6) is 0. The minimum atomic E-state index is 0.334. The van der Waals surface area contributed by atoms with E-state index >= 15 is 0 Å². The van der Waals surface area contributed by atoms with E-state index in [0.717, 1.165) is 39.3 Å². The zero-order chi connectivity index (χ0) is 28.0. The zero-order valence-electron chi connectivity index (χ0n) is 24.7. The number of hydrogen-bond acceptors (Lipinski definition) is 6. The van der Waals surface area contributed by atoms with Gasteiger partial charge in [0.25, 0.3) is 0 Å². The summed E-state index contributed by atoms with van der Waals surface area (Å²) in [6.07, 6.45) is 11.4. The van der Waals surface area contributed by atoms with Crippen LogP contribution >= 0.6 is 25.3 Å². The molecule has 0 aliphatic heterocycles. The maximum Gasteiger partial charge on any atom is 0.0499 e. The standard InChI is InChI=1S/C33H56N4S2/c1-30(38)36(26-16-12-22-34-28-32-18-8-6-9-19-32)24-14-4-3-5-15-25-37(31(2)39)27-17-13-23-35-29-33-20-10-7-11-21-33/h6-11,18-21,30-31,34-35,38-39H,3-5,12-17,22-29H2,1-2H3. The highest BCUT2D eigenvalue weighted by atomic mass is 32.1. The zero-order valence-corrected chi connectivity index (χ0v) is 26.5. The van der Waals surface area contributed by atoms with Crippen LogP contribution in [0.5, 0.6) is 0 Å². The molecule has 0 bridgehead atoms. The first-order chi connectivity index (χ1) is 19.1. The van der Waals surface area contributed by atoms with Crippen LogP contribution in [0.2, 0.25) is 0 Å². The highest BCUT2D eigenvalue weighted by Gasteiger charge is 2.11. The largest absolute Gasteiger partial charge is 0.313 e. The van der Waals surface area contributed by atoms with Crippen LogP contribution in [0, 0.1) is 0 Å². The van der Waals surface area contributed by atoms with Crippen LogP contribution in [0.4, 0.5) is 0 Å². The van der Waals surface area contributed by atoms with Crippen molar-refractivity contribution in [3.8, 4) is 0 Å². The Hall–Kier alpha value is -1.02. The average molecular weight is 573 g/mol. The lowest BCUT2D eigenvalue weighted by atomic mass is 10.1. The smallest absolute Gasteiger partial charge is 0.0499 e. The van der Waals surface area contributed by atoms with Gasteiger partial charge in [0, 0.05) is 23.8 Å². The predicted molar refractivity (Wildman–Crippen MR) is 178 cm³/mol. The van der Waals surface area contributed by atoms with Crippen molar-refractivity contribution < 1.29 is 0 Å². The summed E-state index contributed by atoms with van der Waals surface area (Å²) in [6, 6.07) is 21.3. The van der Waals surface area contributed by atoms with Gasteiger partial charge >= 0.3 is 0 Å². The van der Waals surface area contributed by atoms with E-state index in [-0.39, 0.29) is 0 Å². The summed E-state index contributed by atoms with van der Waals surface area (Å²) in [5, 5.41) is 7.80. The third kappa shape index (κ3) is 17.4. The molecule has 220 valence electrons. The van der Waals surface area contributed by atoms with Gasteiger partial charge in [-0.25, -0.2) is 0 Å². The molecule has 0 aliphatic carbocycles. The lowest BCUT2D eigenvalue weighted by molar-refractivity contribution is 0.249. The van der Waals surface area contributed by atoms with Gasteiger partial charge in [-0.2, -0.15) is 25.3 Å². The topological polar surface area (TPSA) is 30.5 Å². The van der Waals surface area contributed by atoms with Crippen molar-refractivity contribution in [3.63, 3.8) is 0 Å². The maximum absolute atomic E-state index is 4.74. The lowest BCUT2D eigenvalue weighted by Crippen LogP contribution is -2.32. The molecular formula is C33H56N4S2. The normalized spacial score (nSPS) is 13.3. The van der Waals surface area contributed by atoms with Gasteiger partial charge in [-0.15, -0.1) is 0 Å². The van der Waals surface area contributed by atoms with Gasteiger partial charge in [0.15, 0.2) is 0 Å². The fourth-order valence-corrected chi connectivity index (χ4v) is 5.38. The second-order valence-electron chi connectivity index (χ2n) is 10.8. The van der Waals surface area contributed by atoms with Gasteiger partial charge in [-0.05, 0) is 103 Å². The number of unbranched alkanes of at least 4 members (excludes halogenated alkanes) is 6. The van der Waals surface area contributed by atoms with E-state index in [4.69, 9.17) is 25.3 Å². The Morgan fingerprint density at radius 3 is 1.21 bits per heavy atom. The van der Waals surface area contributed by atoms with Crippen LogP contribution in [0.25, 0.3) is 0 Å². The molecule has 4 nitrogen and oxygen atoms in total. The summed E-state index contributed by atoms with van der Waals surface area (Å²) < 4.78 is 0. The fraction of sp³-hybridized carbons (Fsp3) is 0.636. The Bertz CT molecular complexity index is 736. The Labute approximate surface area is 251 Å². The number of rotatable bonds is 24. The minimum Gasteiger partial charge on any atom is -0.313 e. The molecule has 2 atom stereocenters. The molecule has 0 saturated carbocycles. The quantitative estimate of drug-likeness (QED) is 0.0607. The third-order valence-corrected chi connectivity index (χ3v) is 8.04. The molecule has 6 heteroatoms. The van der Waals surface area contributed by atoms with Gasteiger partial charge in [0.05, 0.1) is 0 Å². The van der Waals surface area contributed by atoms with Crippen LogP contribution in [-0.4, -0.2) is 59.8 Å². The van der Waals surface area contributed by atoms with Crippen molar-refractivity contribution in [2.75, 3.05) is 39.3 Å². The molecule has 2 aromatic carbocycles. The molecule has 2 aromatic rings. The SMILES string of the molecule is CC(S)N(CCCCCCCN(CCCCNCc1ccccc1)C(C)S)CCCCNCc1ccccc1. The van der Waals surface area contributed by atoms with Crippen molar-refractivity contribution in [2.24, 2.45) is 0 Å². The van der Waals surface area contributed by atoms with Crippen LogP contribution in [0.15, 0.2) is 60.7 Å². The van der Waals surface area contributed by atoms with Crippen LogP contribution in [0.3, 0.4) is 0 Å². The number of thiol groups is 2. The van der Waals surface area contributed by atoms with Crippen molar-refractivity contribution in [1.82, 2.24) is 20.4 Å². The number of hydrogen-bond donors (Lipinski definition) is 4. The molecule has 39 heavy (non-hydrogen) atoms. The molecule has 2 N–H and O–H groups in total. The monoisotopic (exact) mass is 572 g/mol. The summed E-state index contributed by atoms with van der Waals surface area (Å²) in [5.41, 5.74) is 2.72. The van der Waals surface area contributed by atoms with E-state index in [2.05, 4.69) is 94.9 Å². The summed E-state index contributed by atoms with van der Waals surface area (Å²) in [4.78, 5) is 5.08. The Balaban J connectivity index is 1.44. The molecule has 0 spiro atoms. The van der Waals surface area contributed by atoms with E-state index in [1.54, 1.807) is 0 Å². The molecule has 0 saturated heterocycles. The van der Waals surface area contributed by atoms with Crippen molar-refractivity contribution in [3.05, 3.63) is 71.8 Å². The Morgan fingerprint density at radius 1 is 0.513 bits per heavy atom. The second kappa shape index (κ2) is 22.6. The summed E-state index contributed by atoms with van der Waals surface area (Å²) in [7, 11) is 0. The molecule has 0 heterocycles. The Kier molecular flexibility index (Phi) is 19.8. The molecule has 0 aromatic heterocycles. The molecule has 2 rings (SSSR count). The minimum absolute atomic E-state index is 0.334. The van der Waals surface area contributed by atoms with Crippen LogP contribution in [0.1, 0.15) is 82.8 Å². The first kappa shape index (κ1) is 34.2. The highest BCUT2D eigenvalue weighted by molar-refractivity contribution is 7.81. The number of benzene rings is 2. The first-order valence-electron chi connectivity index (χ1n) is 15.4. The van der Waals surface area contributed by atoms with Crippen molar-refractivity contribution in [1.29, 1.82) is 0 Å². The third-order valence-electron chi connectivity index (χ3n) is 7.39. The summed E-state index contributed by atoms with van der Waals surface area (Å²) in [6.45, 7) is 13.1. The molecular weight excluding hydrogens is 517 g/mol. The van der Waals surface area contributed by atoms with Gasteiger partial charge in [0.1, 0.15) is 0 Å². The van der Waals surface area contributed by atoms with E-state index in [0.29, 0.717) is 10.7 Å². The van der Waals surface area contributed by atoms with E-state index in [9.17, 15) is 0 Å². The molecule has 0 aliphatic rings. The van der Waals surface area contributed by atoms with Gasteiger partial charge in [0.2, 0.25) is 0 Å². The van der Waals surface area contributed by atoms with Crippen molar-refractivity contribution >= 4 is 25.3 Å². The van der Waals surface area contributed by atoms with Crippen LogP contribution < -0.4 is 10.6 Å². The van der Waals surface area contributed by atoms with Crippen LogP contribution in [-0.2, 0) is 13.1 Å². The maximum atomic E-state index is 4.74. The second-order valence-corrected chi connectivity index (χ2v) is 12.3. The predicted octanol–water partition coefficient (Wildman–Crippen LogP) is 7.23. The fourth-order valence-electron chi connectivity index (χ4n) is 4.92. The number of nitrogens with zero attached hydrogens (tertiary/aromatic N) is 2. The van der Waals surface area contributed by atoms with Gasteiger partial charge in [-0.1, -0.05) is 79.9 Å². The molecule has 2 unspecified atom stereocenters. The first-order valence-corrected chi connectivity index (χ1v) is 16.4. The molecule has 0 amide bonds.